The molecule has 1 atom stereocenters. The first-order valence-electron chi connectivity index (χ1n) is 7.24. The van der Waals surface area contributed by atoms with E-state index in [4.69, 9.17) is 5.73 Å². The monoisotopic (exact) mass is 259 g/mol. The number of aliphatic hydroxyl groups is 1. The molecule has 0 heterocycles. The third-order valence-electron chi connectivity index (χ3n) is 3.69. The van der Waals surface area contributed by atoms with Gasteiger partial charge in [-0.05, 0) is 66.0 Å². The molecule has 0 bridgehead atoms. The zero-order chi connectivity index (χ0) is 14.0. The second kappa shape index (κ2) is 9.73. The summed E-state index contributed by atoms with van der Waals surface area (Å²) in [5.74, 6) is 0. The largest absolute Gasteiger partial charge is 0.394 e. The Morgan fingerprint density at radius 1 is 1.06 bits per heavy atom. The van der Waals surface area contributed by atoms with Crippen LogP contribution in [0.3, 0.4) is 0 Å². The molecule has 0 spiro atoms. The summed E-state index contributed by atoms with van der Waals surface area (Å²) in [5.41, 5.74) is 5.72. The highest BCUT2D eigenvalue weighted by Gasteiger charge is 2.20. The molecule has 0 aromatic carbocycles. The molecule has 0 fully saturated rings. The standard InChI is InChI=1S/C14H33N3O/c1-5-14(15,13-18)9-7-11-17(6-2)12-8-10-16(3)4/h18H,5-13,15H2,1-4H3. The van der Waals surface area contributed by atoms with Gasteiger partial charge in [0.05, 0.1) is 6.61 Å². The lowest BCUT2D eigenvalue weighted by atomic mass is 9.92. The molecule has 1 unspecified atom stereocenters. The summed E-state index contributed by atoms with van der Waals surface area (Å²) in [7, 11) is 4.23. The van der Waals surface area contributed by atoms with Gasteiger partial charge in [-0.15, -0.1) is 0 Å². The van der Waals surface area contributed by atoms with E-state index < -0.39 is 0 Å². The summed E-state index contributed by atoms with van der Waals surface area (Å²) in [6, 6.07) is 0. The predicted molar refractivity (Wildman–Crippen MR) is 78.8 cm³/mol. The molecule has 0 saturated heterocycles. The Labute approximate surface area is 113 Å². The lowest BCUT2D eigenvalue weighted by Crippen LogP contribution is -2.43. The van der Waals surface area contributed by atoms with E-state index in [-0.39, 0.29) is 12.1 Å². The van der Waals surface area contributed by atoms with Crippen LogP contribution in [0.1, 0.15) is 39.5 Å². The molecule has 0 aromatic heterocycles. The van der Waals surface area contributed by atoms with Crippen molar-refractivity contribution in [3.63, 3.8) is 0 Å². The minimum absolute atomic E-state index is 0.0935. The Balaban J connectivity index is 3.79. The van der Waals surface area contributed by atoms with Crippen molar-refractivity contribution in [1.29, 1.82) is 0 Å². The van der Waals surface area contributed by atoms with Crippen LogP contribution in [0, 0.1) is 0 Å². The van der Waals surface area contributed by atoms with E-state index in [0.717, 1.165) is 45.4 Å². The molecule has 3 N–H and O–H groups in total. The van der Waals surface area contributed by atoms with Crippen LogP contribution in [-0.2, 0) is 0 Å². The molecule has 110 valence electrons. The molecule has 0 aliphatic rings. The highest BCUT2D eigenvalue weighted by molar-refractivity contribution is 4.81. The van der Waals surface area contributed by atoms with Crippen molar-refractivity contribution in [2.24, 2.45) is 5.73 Å². The smallest absolute Gasteiger partial charge is 0.0611 e. The first-order chi connectivity index (χ1) is 8.47. The van der Waals surface area contributed by atoms with Gasteiger partial charge < -0.3 is 20.6 Å². The van der Waals surface area contributed by atoms with Crippen LogP contribution in [0.25, 0.3) is 0 Å². The van der Waals surface area contributed by atoms with Crippen molar-refractivity contribution >= 4 is 0 Å². The van der Waals surface area contributed by atoms with Crippen LogP contribution < -0.4 is 5.73 Å². The van der Waals surface area contributed by atoms with Gasteiger partial charge >= 0.3 is 0 Å². The van der Waals surface area contributed by atoms with E-state index in [1.54, 1.807) is 0 Å². The number of aliphatic hydroxyl groups excluding tert-OH is 1. The zero-order valence-corrected chi connectivity index (χ0v) is 12.8. The maximum absolute atomic E-state index is 9.27. The summed E-state index contributed by atoms with van der Waals surface area (Å²) in [4.78, 5) is 4.69. The topological polar surface area (TPSA) is 52.7 Å². The van der Waals surface area contributed by atoms with Gasteiger partial charge in [-0.2, -0.15) is 0 Å². The molecule has 0 saturated carbocycles. The van der Waals surface area contributed by atoms with Crippen LogP contribution in [0.5, 0.6) is 0 Å². The molecule has 18 heavy (non-hydrogen) atoms. The van der Waals surface area contributed by atoms with Crippen molar-refractivity contribution in [1.82, 2.24) is 9.80 Å². The molecular weight excluding hydrogens is 226 g/mol. The van der Waals surface area contributed by atoms with Crippen molar-refractivity contribution in [3.8, 4) is 0 Å². The molecule has 0 aromatic rings. The maximum Gasteiger partial charge on any atom is 0.0611 e. The van der Waals surface area contributed by atoms with Crippen molar-refractivity contribution in [2.75, 3.05) is 46.9 Å². The third kappa shape index (κ3) is 8.03. The van der Waals surface area contributed by atoms with E-state index in [0.29, 0.717) is 0 Å². The fourth-order valence-electron chi connectivity index (χ4n) is 2.06. The van der Waals surface area contributed by atoms with Crippen molar-refractivity contribution in [2.45, 2.75) is 45.1 Å². The number of hydrogen-bond donors (Lipinski definition) is 2. The fraction of sp³-hybridized carbons (Fsp3) is 1.00. The van der Waals surface area contributed by atoms with Crippen molar-refractivity contribution < 1.29 is 5.11 Å². The molecular formula is C14H33N3O. The van der Waals surface area contributed by atoms with Crippen LogP contribution >= 0.6 is 0 Å². The van der Waals surface area contributed by atoms with Crippen LogP contribution in [-0.4, -0.2) is 67.3 Å². The molecule has 0 rings (SSSR count). The van der Waals surface area contributed by atoms with E-state index in [9.17, 15) is 5.11 Å². The lowest BCUT2D eigenvalue weighted by Gasteiger charge is -2.27. The first kappa shape index (κ1) is 17.8. The molecule has 0 aliphatic carbocycles. The van der Waals surface area contributed by atoms with E-state index in [2.05, 4.69) is 30.8 Å². The van der Waals surface area contributed by atoms with Gasteiger partial charge in [0.25, 0.3) is 0 Å². The Hall–Kier alpha value is -0.160. The second-order valence-electron chi connectivity index (χ2n) is 5.57. The van der Waals surface area contributed by atoms with E-state index in [1.165, 1.54) is 6.42 Å². The fourth-order valence-corrected chi connectivity index (χ4v) is 2.06. The number of nitrogens with two attached hydrogens (primary N) is 1. The predicted octanol–water partition coefficient (Wildman–Crippen LogP) is 1.14. The van der Waals surface area contributed by atoms with Gasteiger partial charge in [0.15, 0.2) is 0 Å². The average Bonchev–Trinajstić information content (AvgIpc) is 2.36. The summed E-state index contributed by atoms with van der Waals surface area (Å²) in [5, 5.41) is 9.27. The van der Waals surface area contributed by atoms with E-state index >= 15 is 0 Å². The highest BCUT2D eigenvalue weighted by atomic mass is 16.3. The quantitative estimate of drug-likeness (QED) is 0.584. The maximum atomic E-state index is 9.27. The first-order valence-corrected chi connectivity index (χ1v) is 7.24. The highest BCUT2D eigenvalue weighted by Crippen LogP contribution is 2.13. The molecule has 0 amide bonds. The minimum Gasteiger partial charge on any atom is -0.394 e. The van der Waals surface area contributed by atoms with Crippen LogP contribution in [0.15, 0.2) is 0 Å². The van der Waals surface area contributed by atoms with Crippen LogP contribution in [0.4, 0.5) is 0 Å². The zero-order valence-electron chi connectivity index (χ0n) is 12.8. The summed E-state index contributed by atoms with van der Waals surface area (Å²) >= 11 is 0. The van der Waals surface area contributed by atoms with Gasteiger partial charge in [-0.1, -0.05) is 13.8 Å². The van der Waals surface area contributed by atoms with Gasteiger partial charge in [-0.3, -0.25) is 0 Å². The molecule has 0 aliphatic heterocycles. The normalized spacial score (nSPS) is 15.3. The Bertz CT molecular complexity index is 193. The van der Waals surface area contributed by atoms with Crippen LogP contribution in [0.2, 0.25) is 0 Å². The Morgan fingerprint density at radius 2 is 1.67 bits per heavy atom. The minimum atomic E-state index is -0.372. The SMILES string of the molecule is CCN(CCCN(C)C)CCCC(N)(CC)CO. The number of hydrogen-bond acceptors (Lipinski definition) is 4. The summed E-state index contributed by atoms with van der Waals surface area (Å²) in [6.07, 6.45) is 4.03. The number of nitrogens with zero attached hydrogens (tertiary/aromatic N) is 2. The molecule has 0 radical (unpaired) electrons. The second-order valence-corrected chi connectivity index (χ2v) is 5.57. The Kier molecular flexibility index (Phi) is 9.64. The summed E-state index contributed by atoms with van der Waals surface area (Å²) < 4.78 is 0. The van der Waals surface area contributed by atoms with Gasteiger partial charge in [0.2, 0.25) is 0 Å². The number of rotatable bonds is 11. The van der Waals surface area contributed by atoms with Gasteiger partial charge in [0.1, 0.15) is 0 Å². The lowest BCUT2D eigenvalue weighted by molar-refractivity contribution is 0.171. The van der Waals surface area contributed by atoms with Crippen molar-refractivity contribution in [3.05, 3.63) is 0 Å². The van der Waals surface area contributed by atoms with E-state index in [1.807, 2.05) is 6.92 Å². The molecule has 4 heteroatoms. The van der Waals surface area contributed by atoms with Gasteiger partial charge in [0, 0.05) is 5.54 Å². The Morgan fingerprint density at radius 3 is 2.11 bits per heavy atom. The molecule has 4 nitrogen and oxygen atoms in total. The average molecular weight is 259 g/mol. The third-order valence-corrected chi connectivity index (χ3v) is 3.69. The van der Waals surface area contributed by atoms with Gasteiger partial charge in [-0.25, -0.2) is 0 Å². The summed E-state index contributed by atoms with van der Waals surface area (Å²) in [6.45, 7) is 8.82.